The smallest absolute Gasteiger partial charge is 0.308 e. The maximum atomic E-state index is 12.3. The van der Waals surface area contributed by atoms with Crippen LogP contribution in [0.15, 0.2) is 0 Å². The lowest BCUT2D eigenvalue weighted by Gasteiger charge is -2.30. The van der Waals surface area contributed by atoms with Crippen LogP contribution in [-0.4, -0.2) is 66.8 Å². The standard InChI is InChI=1S/C17H27N5O3/c1-25-17(24)12-4-9-22(10-5-12)8-2-6-19-16(23)15-13-11-18-7-3-14(13)20-21-15/h12,18H,2-11H2,1H3,(H,19,23)(H,20,21). The molecule has 1 aromatic heterocycles. The van der Waals surface area contributed by atoms with E-state index in [0.29, 0.717) is 18.8 Å². The molecule has 1 saturated heterocycles. The van der Waals surface area contributed by atoms with Gasteiger partial charge >= 0.3 is 5.97 Å². The molecule has 8 nitrogen and oxygen atoms in total. The first-order valence-electron chi connectivity index (χ1n) is 9.04. The van der Waals surface area contributed by atoms with Gasteiger partial charge in [-0.2, -0.15) is 5.10 Å². The van der Waals surface area contributed by atoms with Gasteiger partial charge in [0.05, 0.1) is 13.0 Å². The summed E-state index contributed by atoms with van der Waals surface area (Å²) in [7, 11) is 1.45. The van der Waals surface area contributed by atoms with Crippen molar-refractivity contribution in [1.29, 1.82) is 0 Å². The summed E-state index contributed by atoms with van der Waals surface area (Å²) in [6.07, 6.45) is 3.48. The number of hydrogen-bond acceptors (Lipinski definition) is 6. The molecule has 0 aromatic carbocycles. The molecule has 0 radical (unpaired) electrons. The number of aromatic amines is 1. The molecular formula is C17H27N5O3. The molecule has 0 saturated carbocycles. The third-order valence-electron chi connectivity index (χ3n) is 5.08. The normalized spacial score (nSPS) is 18.6. The van der Waals surface area contributed by atoms with Crippen LogP contribution in [0.1, 0.15) is 41.0 Å². The molecular weight excluding hydrogens is 322 g/mol. The molecule has 1 fully saturated rings. The Morgan fingerprint density at radius 1 is 1.36 bits per heavy atom. The maximum absolute atomic E-state index is 12.3. The van der Waals surface area contributed by atoms with Crippen LogP contribution in [0.3, 0.4) is 0 Å². The summed E-state index contributed by atoms with van der Waals surface area (Å²) in [6, 6.07) is 0. The van der Waals surface area contributed by atoms with Gasteiger partial charge in [-0.1, -0.05) is 0 Å². The molecule has 3 rings (SSSR count). The van der Waals surface area contributed by atoms with E-state index in [1.807, 2.05) is 0 Å². The number of likely N-dealkylation sites (tertiary alicyclic amines) is 1. The lowest BCUT2D eigenvalue weighted by atomic mass is 9.97. The van der Waals surface area contributed by atoms with E-state index in [1.54, 1.807) is 0 Å². The molecule has 1 aromatic rings. The molecule has 0 aliphatic carbocycles. The highest BCUT2D eigenvalue weighted by molar-refractivity contribution is 5.94. The molecule has 3 N–H and O–H groups in total. The molecule has 0 bridgehead atoms. The van der Waals surface area contributed by atoms with Crippen LogP contribution in [0.4, 0.5) is 0 Å². The molecule has 0 spiro atoms. The number of fused-ring (bicyclic) bond motifs is 1. The van der Waals surface area contributed by atoms with Crippen molar-refractivity contribution in [2.75, 3.05) is 39.8 Å². The van der Waals surface area contributed by atoms with E-state index in [0.717, 1.165) is 63.1 Å². The summed E-state index contributed by atoms with van der Waals surface area (Å²) in [5.74, 6) is -0.158. The van der Waals surface area contributed by atoms with Gasteiger partial charge in [-0.3, -0.25) is 14.7 Å². The third kappa shape index (κ3) is 4.38. The van der Waals surface area contributed by atoms with Gasteiger partial charge in [0.15, 0.2) is 5.69 Å². The van der Waals surface area contributed by atoms with E-state index in [9.17, 15) is 9.59 Å². The third-order valence-corrected chi connectivity index (χ3v) is 5.08. The van der Waals surface area contributed by atoms with Crippen molar-refractivity contribution in [3.63, 3.8) is 0 Å². The van der Waals surface area contributed by atoms with Crippen LogP contribution >= 0.6 is 0 Å². The minimum atomic E-state index is -0.106. The summed E-state index contributed by atoms with van der Waals surface area (Å²) in [6.45, 7) is 4.99. The first-order chi connectivity index (χ1) is 12.2. The molecule has 1 amide bonds. The van der Waals surface area contributed by atoms with Crippen LogP contribution in [-0.2, 0) is 22.5 Å². The van der Waals surface area contributed by atoms with E-state index in [4.69, 9.17) is 4.74 Å². The number of rotatable bonds is 6. The van der Waals surface area contributed by atoms with Gasteiger partial charge in [0.25, 0.3) is 5.91 Å². The molecule has 2 aliphatic rings. The molecule has 8 heteroatoms. The highest BCUT2D eigenvalue weighted by Crippen LogP contribution is 2.18. The van der Waals surface area contributed by atoms with Crippen molar-refractivity contribution < 1.29 is 14.3 Å². The molecule has 25 heavy (non-hydrogen) atoms. The summed E-state index contributed by atoms with van der Waals surface area (Å²) in [4.78, 5) is 26.2. The van der Waals surface area contributed by atoms with Crippen LogP contribution in [0, 0.1) is 5.92 Å². The Labute approximate surface area is 147 Å². The Balaban J connectivity index is 1.36. The van der Waals surface area contributed by atoms with Gasteiger partial charge in [0.1, 0.15) is 0 Å². The predicted octanol–water partition coefficient (Wildman–Crippen LogP) is 0.0603. The summed E-state index contributed by atoms with van der Waals surface area (Å²) >= 11 is 0. The SMILES string of the molecule is COC(=O)C1CCN(CCCNC(=O)c2n[nH]c3c2CNCC3)CC1. The fourth-order valence-electron chi connectivity index (χ4n) is 3.56. The predicted molar refractivity (Wildman–Crippen MR) is 92.1 cm³/mol. The van der Waals surface area contributed by atoms with E-state index in [-0.39, 0.29) is 17.8 Å². The van der Waals surface area contributed by atoms with Crippen molar-refractivity contribution in [1.82, 2.24) is 25.7 Å². The number of methoxy groups -OCH3 is 1. The first kappa shape index (κ1) is 17.9. The lowest BCUT2D eigenvalue weighted by molar-refractivity contribution is -0.147. The highest BCUT2D eigenvalue weighted by atomic mass is 16.5. The molecule has 0 atom stereocenters. The van der Waals surface area contributed by atoms with Crippen LogP contribution in [0.2, 0.25) is 0 Å². The van der Waals surface area contributed by atoms with Gasteiger partial charge in [0.2, 0.25) is 0 Å². The number of H-pyrrole nitrogens is 1. The van der Waals surface area contributed by atoms with E-state index < -0.39 is 0 Å². The first-order valence-corrected chi connectivity index (χ1v) is 9.04. The van der Waals surface area contributed by atoms with Crippen molar-refractivity contribution in [3.8, 4) is 0 Å². The Bertz CT molecular complexity index is 607. The maximum Gasteiger partial charge on any atom is 0.308 e. The topological polar surface area (TPSA) is 99.3 Å². The Kier molecular flexibility index (Phi) is 6.04. The zero-order valence-electron chi connectivity index (χ0n) is 14.8. The number of carbonyl (C=O) groups is 2. The van der Waals surface area contributed by atoms with Crippen molar-refractivity contribution in [2.45, 2.75) is 32.2 Å². The van der Waals surface area contributed by atoms with Gasteiger partial charge in [0, 0.05) is 37.3 Å². The highest BCUT2D eigenvalue weighted by Gasteiger charge is 2.25. The van der Waals surface area contributed by atoms with Crippen LogP contribution in [0.25, 0.3) is 0 Å². The lowest BCUT2D eigenvalue weighted by Crippen LogP contribution is -2.38. The summed E-state index contributed by atoms with van der Waals surface area (Å²) < 4.78 is 4.81. The van der Waals surface area contributed by atoms with Crippen molar-refractivity contribution in [2.24, 2.45) is 5.92 Å². The van der Waals surface area contributed by atoms with E-state index in [2.05, 4.69) is 25.7 Å². The number of carbonyl (C=O) groups excluding carboxylic acids is 2. The fourth-order valence-corrected chi connectivity index (χ4v) is 3.56. The Morgan fingerprint density at radius 3 is 2.92 bits per heavy atom. The molecule has 138 valence electrons. The number of aromatic nitrogens is 2. The summed E-state index contributed by atoms with van der Waals surface area (Å²) in [5, 5.41) is 13.4. The van der Waals surface area contributed by atoms with E-state index >= 15 is 0 Å². The molecule has 0 unspecified atom stereocenters. The quantitative estimate of drug-likeness (QED) is 0.496. The molecule has 2 aliphatic heterocycles. The van der Waals surface area contributed by atoms with Gasteiger partial charge in [-0.25, -0.2) is 0 Å². The molecule has 3 heterocycles. The number of amides is 1. The number of hydrogen-bond donors (Lipinski definition) is 3. The summed E-state index contributed by atoms with van der Waals surface area (Å²) in [5.41, 5.74) is 2.58. The fraction of sp³-hybridized carbons (Fsp3) is 0.706. The largest absolute Gasteiger partial charge is 0.469 e. The van der Waals surface area contributed by atoms with Crippen molar-refractivity contribution in [3.05, 3.63) is 17.0 Å². The zero-order valence-corrected chi connectivity index (χ0v) is 14.8. The Morgan fingerprint density at radius 2 is 2.16 bits per heavy atom. The average molecular weight is 349 g/mol. The van der Waals surface area contributed by atoms with Crippen molar-refractivity contribution >= 4 is 11.9 Å². The number of piperidine rings is 1. The zero-order chi connectivity index (χ0) is 17.6. The van der Waals surface area contributed by atoms with Gasteiger partial charge < -0.3 is 20.3 Å². The second kappa shape index (κ2) is 8.44. The van der Waals surface area contributed by atoms with Crippen LogP contribution in [0.5, 0.6) is 0 Å². The number of ether oxygens (including phenoxy) is 1. The van der Waals surface area contributed by atoms with Gasteiger partial charge in [-0.15, -0.1) is 0 Å². The second-order valence-corrected chi connectivity index (χ2v) is 6.70. The van der Waals surface area contributed by atoms with E-state index in [1.165, 1.54) is 7.11 Å². The number of esters is 1. The number of nitrogens with one attached hydrogen (secondary N) is 3. The second-order valence-electron chi connectivity index (χ2n) is 6.70. The average Bonchev–Trinajstić information content (AvgIpc) is 3.09. The van der Waals surface area contributed by atoms with Crippen LogP contribution < -0.4 is 10.6 Å². The minimum Gasteiger partial charge on any atom is -0.469 e. The monoisotopic (exact) mass is 349 g/mol. The minimum absolute atomic E-state index is 0.0420. The van der Waals surface area contributed by atoms with Gasteiger partial charge in [-0.05, 0) is 38.9 Å². The Hall–Kier alpha value is -1.93. The number of nitrogens with zero attached hydrogens (tertiary/aromatic N) is 2.